The van der Waals surface area contributed by atoms with Gasteiger partial charge in [-0.3, -0.25) is 24.1 Å². The van der Waals surface area contributed by atoms with Gasteiger partial charge in [-0.1, -0.05) is 97.1 Å². The van der Waals surface area contributed by atoms with Gasteiger partial charge in [-0.25, -0.2) is 4.98 Å². The van der Waals surface area contributed by atoms with Crippen LogP contribution in [0.1, 0.15) is 5.56 Å². The van der Waals surface area contributed by atoms with Crippen molar-refractivity contribution in [2.75, 3.05) is 0 Å². The quantitative estimate of drug-likeness (QED) is 0.174. The molecule has 7 aromatic heterocycles. The van der Waals surface area contributed by atoms with Crippen molar-refractivity contribution in [1.82, 2.24) is 33.6 Å². The predicted octanol–water partition coefficient (Wildman–Crippen LogP) is 11.8. The Hall–Kier alpha value is -8.41. The normalized spacial score (nSPS) is 11.7. The fourth-order valence-electron chi connectivity index (χ4n) is 9.10. The lowest BCUT2D eigenvalue weighted by Gasteiger charge is -2.26. The lowest BCUT2D eigenvalue weighted by Crippen LogP contribution is -2.13. The Morgan fingerprint density at radius 1 is 0.373 bits per heavy atom. The van der Waals surface area contributed by atoms with Crippen LogP contribution in [0.2, 0.25) is 0 Å². The average Bonchev–Trinajstić information content (AvgIpc) is 3.95. The van der Waals surface area contributed by atoms with Crippen molar-refractivity contribution in [2.24, 2.45) is 0 Å². The summed E-state index contributed by atoms with van der Waals surface area (Å²) < 4.78 is 6.89. The number of hydrogen-bond acceptors (Lipinski definition) is 5. The van der Waals surface area contributed by atoms with Gasteiger partial charge < -0.3 is 4.57 Å². The number of rotatable bonds is 5. The van der Waals surface area contributed by atoms with Crippen molar-refractivity contribution in [3.05, 3.63) is 188 Å². The van der Waals surface area contributed by atoms with E-state index in [0.717, 1.165) is 99.2 Å². The Bertz CT molecular complexity index is 3520. The lowest BCUT2D eigenvalue weighted by molar-refractivity contribution is 0.984. The highest BCUT2D eigenvalue weighted by Crippen LogP contribution is 2.48. The molecule has 0 amide bonds. The summed E-state index contributed by atoms with van der Waals surface area (Å²) in [6.07, 6.45) is 11.4. The summed E-state index contributed by atoms with van der Waals surface area (Å²) in [6, 6.07) is 52.5. The number of fused-ring (bicyclic) bond motifs is 9. The zero-order valence-electron chi connectivity index (χ0n) is 31.4. The van der Waals surface area contributed by atoms with Gasteiger partial charge in [0, 0.05) is 68.2 Å². The molecule has 0 N–H and O–H groups in total. The third kappa shape index (κ3) is 4.76. The van der Waals surface area contributed by atoms with Crippen molar-refractivity contribution in [1.29, 1.82) is 5.26 Å². The SMILES string of the molecule is N#Cc1ccc(-c2c(-c3ccccc3)c(-n3c4ccccc4c4ccncc43)nc(-n3c4ccccc4c4ccncc43)c2-n2c3ccccc3c3cnccc32)cc1. The van der Waals surface area contributed by atoms with Crippen LogP contribution in [0.25, 0.3) is 105 Å². The lowest BCUT2D eigenvalue weighted by atomic mass is 9.92. The molecule has 0 aliphatic carbocycles. The molecule has 0 radical (unpaired) electrons. The molecule has 0 fully saturated rings. The van der Waals surface area contributed by atoms with E-state index in [2.05, 4.69) is 157 Å². The van der Waals surface area contributed by atoms with Gasteiger partial charge in [-0.2, -0.15) is 5.26 Å². The highest BCUT2D eigenvalue weighted by Gasteiger charge is 2.30. The van der Waals surface area contributed by atoms with Crippen molar-refractivity contribution in [3.8, 4) is 45.6 Å². The van der Waals surface area contributed by atoms with Gasteiger partial charge in [-0.15, -0.1) is 0 Å². The van der Waals surface area contributed by atoms with Gasteiger partial charge in [0.2, 0.25) is 0 Å². The molecule has 59 heavy (non-hydrogen) atoms. The second-order valence-corrected chi connectivity index (χ2v) is 14.6. The number of pyridine rings is 4. The zero-order chi connectivity index (χ0) is 39.0. The molecule has 0 atom stereocenters. The minimum absolute atomic E-state index is 0.580. The second-order valence-electron chi connectivity index (χ2n) is 14.6. The Morgan fingerprint density at radius 3 is 1.47 bits per heavy atom. The van der Waals surface area contributed by atoms with E-state index >= 15 is 0 Å². The minimum Gasteiger partial charge on any atom is -0.305 e. The third-order valence-electron chi connectivity index (χ3n) is 11.6. The molecule has 0 aliphatic heterocycles. The molecule has 8 nitrogen and oxygen atoms in total. The number of nitrogens with zero attached hydrogens (tertiary/aromatic N) is 8. The Morgan fingerprint density at radius 2 is 0.847 bits per heavy atom. The van der Waals surface area contributed by atoms with Crippen LogP contribution in [0.4, 0.5) is 0 Å². The number of benzene rings is 5. The molecule has 0 aliphatic rings. The van der Waals surface area contributed by atoms with E-state index in [0.29, 0.717) is 11.4 Å². The van der Waals surface area contributed by atoms with Crippen molar-refractivity contribution in [3.63, 3.8) is 0 Å². The summed E-state index contributed by atoms with van der Waals surface area (Å²) in [6.45, 7) is 0. The Kier molecular flexibility index (Phi) is 7.12. The van der Waals surface area contributed by atoms with Gasteiger partial charge in [0.25, 0.3) is 0 Å². The molecule has 0 spiro atoms. The van der Waals surface area contributed by atoms with Crippen LogP contribution in [-0.2, 0) is 0 Å². The molecule has 12 rings (SSSR count). The van der Waals surface area contributed by atoms with Crippen LogP contribution >= 0.6 is 0 Å². The van der Waals surface area contributed by atoms with E-state index in [1.54, 1.807) is 0 Å². The van der Waals surface area contributed by atoms with Crippen LogP contribution in [0.5, 0.6) is 0 Å². The summed E-state index contributed by atoms with van der Waals surface area (Å²) in [5.41, 5.74) is 11.1. The zero-order valence-corrected chi connectivity index (χ0v) is 31.4. The van der Waals surface area contributed by atoms with E-state index in [4.69, 9.17) is 9.97 Å². The minimum atomic E-state index is 0.580. The molecule has 0 saturated carbocycles. The number of nitriles is 1. The third-order valence-corrected chi connectivity index (χ3v) is 11.6. The number of para-hydroxylation sites is 3. The van der Waals surface area contributed by atoms with Crippen molar-refractivity contribution in [2.45, 2.75) is 0 Å². The first-order valence-electron chi connectivity index (χ1n) is 19.4. The maximum atomic E-state index is 10.0. The summed E-state index contributed by atoms with van der Waals surface area (Å²) in [5, 5.41) is 16.5. The van der Waals surface area contributed by atoms with Gasteiger partial charge >= 0.3 is 0 Å². The maximum absolute atomic E-state index is 10.0. The van der Waals surface area contributed by atoms with Gasteiger partial charge in [-0.05, 0) is 59.7 Å². The van der Waals surface area contributed by atoms with Crippen LogP contribution in [0.15, 0.2) is 183 Å². The fraction of sp³-hybridized carbons (Fsp3) is 0. The first-order chi connectivity index (χ1) is 29.3. The molecule has 0 saturated heterocycles. The number of hydrogen-bond donors (Lipinski definition) is 0. The molecule has 274 valence electrons. The van der Waals surface area contributed by atoms with Crippen LogP contribution < -0.4 is 0 Å². The van der Waals surface area contributed by atoms with Crippen LogP contribution in [-0.4, -0.2) is 33.6 Å². The average molecular weight is 755 g/mol. The summed E-state index contributed by atoms with van der Waals surface area (Å²) in [5.74, 6) is 1.46. The predicted molar refractivity (Wildman–Crippen MR) is 236 cm³/mol. The number of aromatic nitrogens is 7. The topological polar surface area (TPSA) is 90.1 Å². The van der Waals surface area contributed by atoms with Gasteiger partial charge in [0.05, 0.1) is 62.8 Å². The molecular weight excluding hydrogens is 725 g/mol. The highest BCUT2D eigenvalue weighted by molar-refractivity contribution is 6.14. The highest BCUT2D eigenvalue weighted by atomic mass is 15.2. The molecular formula is C51H30N8. The van der Waals surface area contributed by atoms with E-state index in [1.807, 2.05) is 55.4 Å². The molecule has 0 unspecified atom stereocenters. The second kappa shape index (κ2) is 12.8. The Balaban J connectivity index is 1.40. The molecule has 12 aromatic rings. The van der Waals surface area contributed by atoms with E-state index < -0.39 is 0 Å². The smallest absolute Gasteiger partial charge is 0.165 e. The first kappa shape index (κ1) is 32.8. The van der Waals surface area contributed by atoms with Crippen molar-refractivity contribution >= 4 is 65.4 Å². The first-order valence-corrected chi connectivity index (χ1v) is 19.4. The maximum Gasteiger partial charge on any atom is 0.165 e. The van der Waals surface area contributed by atoms with Gasteiger partial charge in [0.15, 0.2) is 5.82 Å². The summed E-state index contributed by atoms with van der Waals surface area (Å²) in [7, 11) is 0. The van der Waals surface area contributed by atoms with E-state index in [1.165, 1.54) is 0 Å². The summed E-state index contributed by atoms with van der Waals surface area (Å²) in [4.78, 5) is 20.0. The summed E-state index contributed by atoms with van der Waals surface area (Å²) >= 11 is 0. The largest absolute Gasteiger partial charge is 0.305 e. The standard InChI is InChI=1S/C51H30N8/c52-28-32-18-20-34(21-19-32)47-48(33-10-2-1-3-11-33)50(58-42-16-8-4-12-35(42)38-22-25-54-30-45(38)58)56-51(59-43-17-9-5-13-36(43)39-23-26-55-31-46(39)59)49(47)57-41-15-7-6-14-37(41)40-29-53-27-24-44(40)57/h1-27,29-31H. The van der Waals surface area contributed by atoms with Crippen LogP contribution in [0, 0.1) is 11.3 Å². The monoisotopic (exact) mass is 754 g/mol. The molecule has 8 heteroatoms. The van der Waals surface area contributed by atoms with E-state index in [9.17, 15) is 5.26 Å². The fourth-order valence-corrected chi connectivity index (χ4v) is 9.10. The molecule has 5 aromatic carbocycles. The Labute approximate surface area is 337 Å². The van der Waals surface area contributed by atoms with Gasteiger partial charge in [0.1, 0.15) is 5.82 Å². The molecule has 0 bridgehead atoms. The van der Waals surface area contributed by atoms with Crippen LogP contribution in [0.3, 0.4) is 0 Å². The van der Waals surface area contributed by atoms with E-state index in [-0.39, 0.29) is 0 Å². The molecule has 7 heterocycles. The van der Waals surface area contributed by atoms with Crippen molar-refractivity contribution < 1.29 is 0 Å².